The largest absolute Gasteiger partial charge is 1.00 e. The molecule has 1 N–H and O–H groups in total. The van der Waals surface area contributed by atoms with E-state index in [1.807, 2.05) is 0 Å². The quantitative estimate of drug-likeness (QED) is 0.146. The van der Waals surface area contributed by atoms with Crippen molar-refractivity contribution >= 4 is 10.1 Å². The molecule has 0 aliphatic rings. The third kappa shape index (κ3) is 22.7. The fourth-order valence-corrected chi connectivity index (χ4v) is 4.84. The summed E-state index contributed by atoms with van der Waals surface area (Å²) in [6, 6.07) is 0. The summed E-state index contributed by atoms with van der Waals surface area (Å²) in [6.07, 6.45) is 21.0. The van der Waals surface area contributed by atoms with Gasteiger partial charge < -0.3 is 9.66 Å². The van der Waals surface area contributed by atoms with E-state index in [0.29, 0.717) is 25.7 Å². The molecule has 2 unspecified atom stereocenters. The molecule has 0 saturated carbocycles. The van der Waals surface area contributed by atoms with Gasteiger partial charge in [0.2, 0.25) is 0 Å². The van der Waals surface area contributed by atoms with Crippen molar-refractivity contribution in [3.05, 3.63) is 0 Å². The summed E-state index contributed by atoms with van der Waals surface area (Å²) >= 11 is 0. The molecule has 4 nitrogen and oxygen atoms in total. The van der Waals surface area contributed by atoms with Gasteiger partial charge in [0.25, 0.3) is 0 Å². The minimum Gasteiger partial charge on any atom is -0.748 e. The molecule has 2 atom stereocenters. The summed E-state index contributed by atoms with van der Waals surface area (Å²) in [5, 5.41) is 9.07. The summed E-state index contributed by atoms with van der Waals surface area (Å²) in [5.74, 6) is 0. The fourth-order valence-electron chi connectivity index (χ4n) is 3.96. The monoisotopic (exact) mass is 472 g/mol. The van der Waals surface area contributed by atoms with Crippen LogP contribution in [0, 0.1) is 0 Å². The van der Waals surface area contributed by atoms with E-state index in [1.54, 1.807) is 0 Å². The molecule has 0 bridgehead atoms. The van der Waals surface area contributed by atoms with Crippen LogP contribution in [-0.4, -0.2) is 29.4 Å². The van der Waals surface area contributed by atoms with E-state index in [2.05, 4.69) is 13.8 Å². The number of rotatable bonds is 22. The van der Waals surface area contributed by atoms with Gasteiger partial charge in [-0.25, -0.2) is 8.42 Å². The minimum absolute atomic E-state index is 0. The Balaban J connectivity index is 0. The molecule has 0 saturated heterocycles. The van der Waals surface area contributed by atoms with Crippen molar-refractivity contribution in [3.63, 3.8) is 0 Å². The molecule has 0 heterocycles. The summed E-state index contributed by atoms with van der Waals surface area (Å²) < 4.78 is 34.5. The topological polar surface area (TPSA) is 77.4 Å². The molecular formula is C24H49KO4S. The predicted octanol–water partition coefficient (Wildman–Crippen LogP) is 4.11. The first-order valence-corrected chi connectivity index (χ1v) is 14.0. The van der Waals surface area contributed by atoms with Crippen molar-refractivity contribution in [2.24, 2.45) is 0 Å². The Labute approximate surface area is 230 Å². The Morgan fingerprint density at radius 3 is 1.40 bits per heavy atom. The number of unbranched alkanes of at least 4 members (excludes halogenated alkanes) is 14. The maximum Gasteiger partial charge on any atom is 1.00 e. The van der Waals surface area contributed by atoms with Crippen molar-refractivity contribution in [3.8, 4) is 0 Å². The molecule has 0 aromatic rings. The third-order valence-electron chi connectivity index (χ3n) is 6.00. The van der Waals surface area contributed by atoms with Gasteiger partial charge in [0.05, 0.1) is 16.2 Å². The molecule has 0 radical (unpaired) electrons. The standard InChI is InChI=1S/C24H50O4S.K/c1-3-5-7-8-9-10-11-12-13-14-15-16-17-18-20-24(29(26,27)28)22-21-23(25)19-6-4-2;/h23-25H,3-22H2,1-2H3,(H,26,27,28);/q;+1/p-1. The second kappa shape index (κ2) is 23.7. The second-order valence-electron chi connectivity index (χ2n) is 8.87. The van der Waals surface area contributed by atoms with E-state index in [0.717, 1.165) is 32.1 Å². The van der Waals surface area contributed by atoms with Gasteiger partial charge in [-0.2, -0.15) is 0 Å². The van der Waals surface area contributed by atoms with Gasteiger partial charge in [-0.05, 0) is 25.7 Å². The summed E-state index contributed by atoms with van der Waals surface area (Å²) in [7, 11) is -4.26. The van der Waals surface area contributed by atoms with Gasteiger partial charge in [-0.1, -0.05) is 117 Å². The van der Waals surface area contributed by atoms with E-state index < -0.39 is 21.5 Å². The molecule has 176 valence electrons. The Kier molecular flexibility index (Phi) is 26.6. The maximum absolute atomic E-state index is 11.5. The van der Waals surface area contributed by atoms with Gasteiger partial charge in [0.1, 0.15) is 0 Å². The zero-order valence-corrected chi connectivity index (χ0v) is 24.3. The smallest absolute Gasteiger partial charge is 0.748 e. The summed E-state index contributed by atoms with van der Waals surface area (Å²) in [4.78, 5) is 0. The average Bonchev–Trinajstić information content (AvgIpc) is 2.67. The van der Waals surface area contributed by atoms with Crippen LogP contribution < -0.4 is 51.4 Å². The molecular weight excluding hydrogens is 423 g/mol. The molecule has 0 aromatic heterocycles. The fraction of sp³-hybridized carbons (Fsp3) is 1.00. The second-order valence-corrected chi connectivity index (χ2v) is 10.5. The Bertz CT molecular complexity index is 442. The van der Waals surface area contributed by atoms with Gasteiger partial charge >= 0.3 is 51.4 Å². The normalized spacial score (nSPS) is 13.7. The summed E-state index contributed by atoms with van der Waals surface area (Å²) in [6.45, 7) is 4.32. The van der Waals surface area contributed by atoms with Crippen LogP contribution in [0.3, 0.4) is 0 Å². The Morgan fingerprint density at radius 1 is 0.600 bits per heavy atom. The van der Waals surface area contributed by atoms with E-state index in [4.69, 9.17) is 0 Å². The van der Waals surface area contributed by atoms with Crippen molar-refractivity contribution in [1.82, 2.24) is 0 Å². The predicted molar refractivity (Wildman–Crippen MR) is 123 cm³/mol. The number of hydrogen-bond acceptors (Lipinski definition) is 4. The molecule has 0 aromatic carbocycles. The molecule has 0 rings (SSSR count). The molecule has 6 heteroatoms. The van der Waals surface area contributed by atoms with E-state index >= 15 is 0 Å². The zero-order valence-electron chi connectivity index (χ0n) is 20.4. The maximum atomic E-state index is 11.5. The van der Waals surface area contributed by atoms with Gasteiger partial charge in [-0.15, -0.1) is 0 Å². The molecule has 0 aliphatic carbocycles. The number of hydrogen-bond donors (Lipinski definition) is 1. The number of aliphatic hydroxyl groups is 1. The van der Waals surface area contributed by atoms with Gasteiger partial charge in [-0.3, -0.25) is 0 Å². The van der Waals surface area contributed by atoms with Crippen LogP contribution in [-0.2, 0) is 10.1 Å². The Morgan fingerprint density at radius 2 is 1.00 bits per heavy atom. The minimum atomic E-state index is -4.26. The van der Waals surface area contributed by atoms with Crippen LogP contribution in [0.25, 0.3) is 0 Å². The van der Waals surface area contributed by atoms with Crippen LogP contribution in [0.4, 0.5) is 0 Å². The SMILES string of the molecule is CCCCCCCCCCCCCCCCC(CCC(O)CCCC)S(=O)(=O)[O-].[K+]. The first kappa shape index (κ1) is 33.7. The molecule has 0 spiro atoms. The van der Waals surface area contributed by atoms with Crippen LogP contribution in [0.15, 0.2) is 0 Å². The van der Waals surface area contributed by atoms with E-state index in [-0.39, 0.29) is 51.4 Å². The molecule has 0 amide bonds. The van der Waals surface area contributed by atoms with Crippen molar-refractivity contribution in [2.75, 3.05) is 0 Å². The Hall–Kier alpha value is 1.51. The van der Waals surface area contributed by atoms with Crippen LogP contribution >= 0.6 is 0 Å². The first-order chi connectivity index (χ1) is 13.9. The first-order valence-electron chi connectivity index (χ1n) is 12.5. The van der Waals surface area contributed by atoms with Crippen LogP contribution in [0.1, 0.15) is 142 Å². The van der Waals surface area contributed by atoms with E-state index in [1.165, 1.54) is 70.6 Å². The molecule has 0 fully saturated rings. The zero-order chi connectivity index (χ0) is 21.8. The molecule has 30 heavy (non-hydrogen) atoms. The summed E-state index contributed by atoms with van der Waals surface area (Å²) in [5.41, 5.74) is 0. The van der Waals surface area contributed by atoms with Crippen molar-refractivity contribution in [2.45, 2.75) is 154 Å². The number of aliphatic hydroxyl groups excluding tert-OH is 1. The van der Waals surface area contributed by atoms with Gasteiger partial charge in [0, 0.05) is 5.25 Å². The van der Waals surface area contributed by atoms with Crippen LogP contribution in [0.2, 0.25) is 0 Å². The van der Waals surface area contributed by atoms with Crippen molar-refractivity contribution in [1.29, 1.82) is 0 Å². The third-order valence-corrected chi connectivity index (χ3v) is 7.29. The van der Waals surface area contributed by atoms with Crippen molar-refractivity contribution < 1.29 is 69.5 Å². The molecule has 0 aliphatic heterocycles. The van der Waals surface area contributed by atoms with Crippen LogP contribution in [0.5, 0.6) is 0 Å². The van der Waals surface area contributed by atoms with E-state index in [9.17, 15) is 18.1 Å². The van der Waals surface area contributed by atoms with Gasteiger partial charge in [0.15, 0.2) is 0 Å². The average molecular weight is 473 g/mol.